The lowest BCUT2D eigenvalue weighted by Crippen LogP contribution is -2.35. The van der Waals surface area contributed by atoms with Crippen molar-refractivity contribution in [1.82, 2.24) is 4.98 Å². The highest BCUT2D eigenvalue weighted by molar-refractivity contribution is 7.13. The van der Waals surface area contributed by atoms with Crippen molar-refractivity contribution in [3.8, 4) is 5.75 Å². The average molecular weight is 417 g/mol. The number of anilines is 1. The Morgan fingerprint density at radius 1 is 1.29 bits per heavy atom. The van der Waals surface area contributed by atoms with Gasteiger partial charge in [0.05, 0.1) is 5.69 Å². The molecule has 1 amide bonds. The van der Waals surface area contributed by atoms with Gasteiger partial charge in [-0.15, -0.1) is 11.3 Å². The average Bonchev–Trinajstić information content (AvgIpc) is 3.07. The van der Waals surface area contributed by atoms with Gasteiger partial charge in [0.1, 0.15) is 28.1 Å². The number of carbonyl (C=O) groups excluding carboxylic acids is 1. The van der Waals surface area contributed by atoms with Crippen LogP contribution in [0.5, 0.6) is 5.75 Å². The van der Waals surface area contributed by atoms with E-state index in [4.69, 9.17) is 16.3 Å². The molecule has 0 fully saturated rings. The smallest absolute Gasteiger partial charge is 0.270 e. The third-order valence-electron chi connectivity index (χ3n) is 4.62. The van der Waals surface area contributed by atoms with Crippen LogP contribution in [0.2, 0.25) is 5.02 Å². The first-order chi connectivity index (χ1) is 13.5. The topological polar surface area (TPSA) is 42.4 Å². The van der Waals surface area contributed by atoms with Crippen molar-refractivity contribution in [3.63, 3.8) is 0 Å². The van der Waals surface area contributed by atoms with Crippen LogP contribution < -0.4 is 9.64 Å². The maximum atomic E-state index is 13.5. The number of halogens is 2. The van der Waals surface area contributed by atoms with Gasteiger partial charge < -0.3 is 9.64 Å². The quantitative estimate of drug-likeness (QED) is 0.570. The fourth-order valence-electron chi connectivity index (χ4n) is 3.29. The summed E-state index contributed by atoms with van der Waals surface area (Å²) in [6, 6.07) is 11.7. The summed E-state index contributed by atoms with van der Waals surface area (Å²) >= 11 is 7.21. The van der Waals surface area contributed by atoms with Crippen LogP contribution in [0.4, 0.5) is 10.1 Å². The first-order valence-corrected chi connectivity index (χ1v) is 10.2. The van der Waals surface area contributed by atoms with E-state index >= 15 is 0 Å². The summed E-state index contributed by atoms with van der Waals surface area (Å²) in [7, 11) is 0. The second kappa shape index (κ2) is 7.89. The molecule has 1 aliphatic heterocycles. The maximum Gasteiger partial charge on any atom is 0.270 e. The Hall–Kier alpha value is -2.44. The lowest BCUT2D eigenvalue weighted by atomic mass is 10.0. The van der Waals surface area contributed by atoms with Crippen LogP contribution in [0.15, 0.2) is 42.5 Å². The monoisotopic (exact) mass is 416 g/mol. The van der Waals surface area contributed by atoms with Crippen LogP contribution in [0.25, 0.3) is 0 Å². The Morgan fingerprint density at radius 2 is 2.07 bits per heavy atom. The summed E-state index contributed by atoms with van der Waals surface area (Å²) in [5.41, 5.74) is 2.33. The second-order valence-corrected chi connectivity index (χ2v) is 8.12. The first kappa shape index (κ1) is 18.9. The number of amides is 1. The van der Waals surface area contributed by atoms with Crippen molar-refractivity contribution in [2.75, 3.05) is 11.4 Å². The van der Waals surface area contributed by atoms with Crippen molar-refractivity contribution < 1.29 is 13.9 Å². The molecule has 7 heteroatoms. The Morgan fingerprint density at radius 3 is 2.86 bits per heavy atom. The zero-order valence-electron chi connectivity index (χ0n) is 15.2. The van der Waals surface area contributed by atoms with E-state index in [0.717, 1.165) is 29.1 Å². The summed E-state index contributed by atoms with van der Waals surface area (Å²) in [5, 5.41) is 1.37. The first-order valence-electron chi connectivity index (χ1n) is 8.96. The number of thiazole rings is 1. The van der Waals surface area contributed by atoms with Gasteiger partial charge in [-0.05, 0) is 67.8 Å². The van der Waals surface area contributed by atoms with Gasteiger partial charge in [0.2, 0.25) is 0 Å². The summed E-state index contributed by atoms with van der Waals surface area (Å²) in [6.07, 6.45) is 1.59. The highest BCUT2D eigenvalue weighted by atomic mass is 35.5. The van der Waals surface area contributed by atoms with Gasteiger partial charge in [0, 0.05) is 17.3 Å². The van der Waals surface area contributed by atoms with E-state index in [9.17, 15) is 9.18 Å². The minimum Gasteiger partial charge on any atom is -0.486 e. The van der Waals surface area contributed by atoms with Gasteiger partial charge in [-0.3, -0.25) is 4.79 Å². The zero-order chi connectivity index (χ0) is 19.7. The number of hydrogen-bond acceptors (Lipinski definition) is 4. The Bertz CT molecular complexity index is 1020. The molecule has 0 saturated carbocycles. The van der Waals surface area contributed by atoms with Crippen molar-refractivity contribution in [2.24, 2.45) is 0 Å². The fourth-order valence-corrected chi connectivity index (χ4v) is 4.34. The molecule has 0 atom stereocenters. The molecule has 1 aliphatic rings. The van der Waals surface area contributed by atoms with E-state index in [1.807, 2.05) is 6.92 Å². The Kier molecular flexibility index (Phi) is 5.33. The molecule has 4 nitrogen and oxygen atoms in total. The lowest BCUT2D eigenvalue weighted by molar-refractivity contribution is 0.0988. The number of fused-ring (bicyclic) bond motifs is 1. The number of hydrogen-bond donors (Lipinski definition) is 0. The van der Waals surface area contributed by atoms with Gasteiger partial charge in [0.15, 0.2) is 0 Å². The van der Waals surface area contributed by atoms with Gasteiger partial charge in [-0.25, -0.2) is 9.37 Å². The molecule has 0 N–H and O–H groups in total. The number of benzene rings is 2. The van der Waals surface area contributed by atoms with Gasteiger partial charge in [-0.1, -0.05) is 11.6 Å². The predicted octanol–water partition coefficient (Wildman–Crippen LogP) is 5.42. The molecule has 0 bridgehead atoms. The van der Waals surface area contributed by atoms with Crippen LogP contribution in [-0.2, 0) is 13.0 Å². The van der Waals surface area contributed by atoms with Crippen molar-refractivity contribution in [3.05, 3.63) is 74.4 Å². The molecule has 1 aromatic heterocycles. The standard InChI is InChI=1S/C21H18ClFN2O2S/c1-13-20(28-19(24-13)12-27-17-7-4-15(22)5-8-17)21(26)25-10-2-3-14-11-16(23)6-9-18(14)25/h4-9,11H,2-3,10,12H2,1H3. The molecule has 0 unspecified atom stereocenters. The molecule has 0 radical (unpaired) electrons. The summed E-state index contributed by atoms with van der Waals surface area (Å²) < 4.78 is 19.3. The van der Waals surface area contributed by atoms with E-state index < -0.39 is 0 Å². The number of aryl methyl sites for hydroxylation is 2. The summed E-state index contributed by atoms with van der Waals surface area (Å²) in [4.78, 5) is 19.9. The van der Waals surface area contributed by atoms with Gasteiger partial charge in [0.25, 0.3) is 5.91 Å². The molecule has 2 heterocycles. The molecular formula is C21H18ClFN2O2S. The highest BCUT2D eigenvalue weighted by Gasteiger charge is 2.27. The van der Waals surface area contributed by atoms with Crippen LogP contribution in [-0.4, -0.2) is 17.4 Å². The van der Waals surface area contributed by atoms with Crippen LogP contribution in [0.3, 0.4) is 0 Å². The summed E-state index contributed by atoms with van der Waals surface area (Å²) in [6.45, 7) is 2.72. The third-order valence-corrected chi connectivity index (χ3v) is 5.99. The Balaban J connectivity index is 1.52. The van der Waals surface area contributed by atoms with E-state index in [1.54, 1.807) is 35.2 Å². The van der Waals surface area contributed by atoms with E-state index in [-0.39, 0.29) is 18.3 Å². The van der Waals surface area contributed by atoms with Crippen LogP contribution >= 0.6 is 22.9 Å². The van der Waals surface area contributed by atoms with Crippen molar-refractivity contribution >= 4 is 34.5 Å². The molecule has 2 aromatic carbocycles. The SMILES string of the molecule is Cc1nc(COc2ccc(Cl)cc2)sc1C(=O)N1CCCc2cc(F)ccc21. The van der Waals surface area contributed by atoms with Crippen LogP contribution in [0.1, 0.15) is 32.4 Å². The molecule has 0 spiro atoms. The molecule has 4 rings (SSSR count). The second-order valence-electron chi connectivity index (χ2n) is 6.60. The normalized spacial score (nSPS) is 13.3. The number of aromatic nitrogens is 1. The summed E-state index contributed by atoms with van der Waals surface area (Å²) in [5.74, 6) is 0.320. The fraction of sp³-hybridized carbons (Fsp3) is 0.238. The number of carbonyl (C=O) groups is 1. The predicted molar refractivity (Wildman–Crippen MR) is 109 cm³/mol. The lowest BCUT2D eigenvalue weighted by Gasteiger charge is -2.29. The number of ether oxygens (including phenoxy) is 1. The van der Waals surface area contributed by atoms with Crippen LogP contribution in [0, 0.1) is 12.7 Å². The third kappa shape index (κ3) is 3.88. The highest BCUT2D eigenvalue weighted by Crippen LogP contribution is 2.31. The van der Waals surface area contributed by atoms with Crippen molar-refractivity contribution in [2.45, 2.75) is 26.4 Å². The molecule has 0 saturated heterocycles. The molecule has 28 heavy (non-hydrogen) atoms. The maximum absolute atomic E-state index is 13.5. The molecule has 0 aliphatic carbocycles. The van der Waals surface area contributed by atoms with E-state index in [2.05, 4.69) is 4.98 Å². The van der Waals surface area contributed by atoms with Crippen molar-refractivity contribution in [1.29, 1.82) is 0 Å². The zero-order valence-corrected chi connectivity index (χ0v) is 16.8. The van der Waals surface area contributed by atoms with Gasteiger partial charge >= 0.3 is 0 Å². The molecular weight excluding hydrogens is 399 g/mol. The minimum absolute atomic E-state index is 0.0969. The number of rotatable bonds is 4. The van der Waals surface area contributed by atoms with E-state index in [0.29, 0.717) is 27.9 Å². The van der Waals surface area contributed by atoms with E-state index in [1.165, 1.54) is 23.5 Å². The minimum atomic E-state index is -0.274. The number of nitrogens with zero attached hydrogens (tertiary/aromatic N) is 2. The van der Waals surface area contributed by atoms with Gasteiger partial charge in [-0.2, -0.15) is 0 Å². The molecule has 3 aromatic rings. The Labute approximate surface area is 171 Å². The molecule has 144 valence electrons. The largest absolute Gasteiger partial charge is 0.486 e.